The van der Waals surface area contributed by atoms with Crippen molar-refractivity contribution in [1.29, 1.82) is 0 Å². The lowest BCUT2D eigenvalue weighted by atomic mass is 9.98. The summed E-state index contributed by atoms with van der Waals surface area (Å²) in [5, 5.41) is 0. The van der Waals surface area contributed by atoms with Crippen molar-refractivity contribution in [1.82, 2.24) is 0 Å². The summed E-state index contributed by atoms with van der Waals surface area (Å²) in [6.45, 7) is 0. The molecule has 0 bridgehead atoms. The van der Waals surface area contributed by atoms with Crippen LogP contribution >= 0.6 is 0 Å². The van der Waals surface area contributed by atoms with Gasteiger partial charge >= 0.3 is 6.18 Å². The molecular weight excluding hydrogens is 260 g/mol. The molecule has 0 unspecified atom stereocenters. The molecule has 0 saturated heterocycles. The zero-order chi connectivity index (χ0) is 14.0. The lowest BCUT2D eigenvalue weighted by Crippen LogP contribution is -2.07. The fraction of sp³-hybridized carbons (Fsp3) is 0.0714. The van der Waals surface area contributed by atoms with E-state index in [1.807, 2.05) is 0 Å². The standard InChI is InChI=1S/C14H8F4O/c15-11-5-6-13(14(16,17)18)12(7-11)10-3-1-9(8-19)2-4-10/h1-8H. The van der Waals surface area contributed by atoms with E-state index in [0.717, 1.165) is 12.1 Å². The van der Waals surface area contributed by atoms with Gasteiger partial charge in [0, 0.05) is 5.56 Å². The molecule has 0 radical (unpaired) electrons. The van der Waals surface area contributed by atoms with Crippen LogP contribution in [0.3, 0.4) is 0 Å². The molecule has 0 heterocycles. The predicted octanol–water partition coefficient (Wildman–Crippen LogP) is 4.32. The number of aldehydes is 1. The van der Waals surface area contributed by atoms with E-state index in [4.69, 9.17) is 0 Å². The molecule has 1 nitrogen and oxygen atoms in total. The minimum atomic E-state index is -4.56. The van der Waals surface area contributed by atoms with E-state index in [2.05, 4.69) is 0 Å². The van der Waals surface area contributed by atoms with Gasteiger partial charge in [0.05, 0.1) is 5.56 Å². The molecule has 0 fully saturated rings. The zero-order valence-electron chi connectivity index (χ0n) is 9.54. The first-order chi connectivity index (χ1) is 8.91. The Balaban J connectivity index is 2.59. The van der Waals surface area contributed by atoms with Gasteiger partial charge in [-0.25, -0.2) is 4.39 Å². The molecule has 2 rings (SSSR count). The van der Waals surface area contributed by atoms with Gasteiger partial charge < -0.3 is 0 Å². The first kappa shape index (κ1) is 13.3. The topological polar surface area (TPSA) is 17.1 Å². The summed E-state index contributed by atoms with van der Waals surface area (Å²) in [4.78, 5) is 10.5. The van der Waals surface area contributed by atoms with Crippen molar-refractivity contribution in [3.8, 4) is 11.1 Å². The van der Waals surface area contributed by atoms with Crippen molar-refractivity contribution in [2.45, 2.75) is 6.18 Å². The third-order valence-corrected chi connectivity index (χ3v) is 2.64. The van der Waals surface area contributed by atoms with E-state index in [0.29, 0.717) is 17.9 Å². The maximum absolute atomic E-state index is 13.1. The van der Waals surface area contributed by atoms with Crippen LogP contribution < -0.4 is 0 Å². The lowest BCUT2D eigenvalue weighted by molar-refractivity contribution is -0.137. The van der Waals surface area contributed by atoms with Crippen molar-refractivity contribution >= 4 is 6.29 Å². The summed E-state index contributed by atoms with van der Waals surface area (Å²) in [7, 11) is 0. The van der Waals surface area contributed by atoms with Gasteiger partial charge in [0.15, 0.2) is 0 Å². The quantitative estimate of drug-likeness (QED) is 0.585. The van der Waals surface area contributed by atoms with Crippen molar-refractivity contribution in [2.24, 2.45) is 0 Å². The van der Waals surface area contributed by atoms with Gasteiger partial charge in [0.2, 0.25) is 0 Å². The molecule has 0 N–H and O–H groups in total. The molecule has 0 aliphatic heterocycles. The molecule has 19 heavy (non-hydrogen) atoms. The van der Waals surface area contributed by atoms with E-state index < -0.39 is 17.6 Å². The Bertz CT molecular complexity index is 600. The summed E-state index contributed by atoms with van der Waals surface area (Å²) in [5.41, 5.74) is -0.608. The summed E-state index contributed by atoms with van der Waals surface area (Å²) >= 11 is 0. The first-order valence-corrected chi connectivity index (χ1v) is 5.34. The number of alkyl halides is 3. The van der Waals surface area contributed by atoms with Crippen LogP contribution in [0.15, 0.2) is 42.5 Å². The van der Waals surface area contributed by atoms with Crippen molar-refractivity contribution in [3.63, 3.8) is 0 Å². The van der Waals surface area contributed by atoms with Gasteiger partial charge in [0.25, 0.3) is 0 Å². The minimum Gasteiger partial charge on any atom is -0.298 e. The zero-order valence-corrected chi connectivity index (χ0v) is 9.54. The second kappa shape index (κ2) is 4.84. The van der Waals surface area contributed by atoms with Crippen molar-refractivity contribution in [3.05, 3.63) is 59.4 Å². The molecular formula is C14H8F4O. The Kier molecular flexibility index (Phi) is 3.38. The van der Waals surface area contributed by atoms with Gasteiger partial charge in [-0.15, -0.1) is 0 Å². The van der Waals surface area contributed by atoms with Gasteiger partial charge in [-0.3, -0.25) is 4.79 Å². The van der Waals surface area contributed by atoms with Crippen molar-refractivity contribution in [2.75, 3.05) is 0 Å². The molecule has 2 aromatic carbocycles. The molecule has 0 atom stereocenters. The second-order valence-corrected chi connectivity index (χ2v) is 3.93. The van der Waals surface area contributed by atoms with Crippen LogP contribution in [0.1, 0.15) is 15.9 Å². The summed E-state index contributed by atoms with van der Waals surface area (Å²) in [5.74, 6) is -0.748. The fourth-order valence-electron chi connectivity index (χ4n) is 1.74. The monoisotopic (exact) mass is 268 g/mol. The Morgan fingerprint density at radius 2 is 1.58 bits per heavy atom. The molecule has 0 spiro atoms. The minimum absolute atomic E-state index is 0.206. The number of rotatable bonds is 2. The lowest BCUT2D eigenvalue weighted by Gasteiger charge is -2.13. The first-order valence-electron chi connectivity index (χ1n) is 5.34. The van der Waals surface area contributed by atoms with Crippen LogP contribution in [0, 0.1) is 5.82 Å². The summed E-state index contributed by atoms with van der Waals surface area (Å²) < 4.78 is 51.6. The highest BCUT2D eigenvalue weighted by atomic mass is 19.4. The number of halogens is 4. The third-order valence-electron chi connectivity index (χ3n) is 2.64. The number of carbonyl (C=O) groups excluding carboxylic acids is 1. The average molecular weight is 268 g/mol. The van der Waals surface area contributed by atoms with E-state index in [-0.39, 0.29) is 11.1 Å². The fourth-order valence-corrected chi connectivity index (χ4v) is 1.74. The van der Waals surface area contributed by atoms with Crippen LogP contribution in [-0.2, 0) is 6.18 Å². The highest BCUT2D eigenvalue weighted by molar-refractivity contribution is 5.77. The third kappa shape index (κ3) is 2.81. The molecule has 5 heteroatoms. The Labute approximate surface area is 106 Å². The molecule has 98 valence electrons. The SMILES string of the molecule is O=Cc1ccc(-c2cc(F)ccc2C(F)(F)F)cc1. The Hall–Kier alpha value is -2.17. The number of benzene rings is 2. The maximum Gasteiger partial charge on any atom is 0.417 e. The van der Waals surface area contributed by atoms with Gasteiger partial charge in [-0.05, 0) is 29.3 Å². The summed E-state index contributed by atoms with van der Waals surface area (Å²) in [6, 6.07) is 7.78. The molecule has 2 aromatic rings. The predicted molar refractivity (Wildman–Crippen MR) is 62.2 cm³/mol. The van der Waals surface area contributed by atoms with E-state index in [1.165, 1.54) is 24.3 Å². The molecule has 0 saturated carbocycles. The van der Waals surface area contributed by atoms with E-state index >= 15 is 0 Å². The highest BCUT2D eigenvalue weighted by Gasteiger charge is 2.33. The van der Waals surface area contributed by atoms with Crippen LogP contribution in [0.5, 0.6) is 0 Å². The molecule has 0 aliphatic carbocycles. The van der Waals surface area contributed by atoms with Gasteiger partial charge in [0.1, 0.15) is 12.1 Å². The average Bonchev–Trinajstić information content (AvgIpc) is 2.37. The smallest absolute Gasteiger partial charge is 0.298 e. The van der Waals surface area contributed by atoms with Crippen LogP contribution in [0.25, 0.3) is 11.1 Å². The van der Waals surface area contributed by atoms with Crippen LogP contribution in [-0.4, -0.2) is 6.29 Å². The maximum atomic E-state index is 13.1. The largest absolute Gasteiger partial charge is 0.417 e. The Morgan fingerprint density at radius 3 is 2.11 bits per heavy atom. The summed E-state index contributed by atoms with van der Waals surface area (Å²) in [6.07, 6.45) is -3.98. The normalized spacial score (nSPS) is 11.4. The van der Waals surface area contributed by atoms with Gasteiger partial charge in [-0.2, -0.15) is 13.2 Å². The highest BCUT2D eigenvalue weighted by Crippen LogP contribution is 2.37. The molecule has 0 amide bonds. The van der Waals surface area contributed by atoms with Crippen molar-refractivity contribution < 1.29 is 22.4 Å². The van der Waals surface area contributed by atoms with Crippen LogP contribution in [0.4, 0.5) is 17.6 Å². The van der Waals surface area contributed by atoms with E-state index in [1.54, 1.807) is 0 Å². The number of hydrogen-bond acceptors (Lipinski definition) is 1. The number of carbonyl (C=O) groups is 1. The van der Waals surface area contributed by atoms with E-state index in [9.17, 15) is 22.4 Å². The Morgan fingerprint density at radius 1 is 0.947 bits per heavy atom. The van der Waals surface area contributed by atoms with Gasteiger partial charge in [-0.1, -0.05) is 24.3 Å². The molecule has 0 aliphatic rings. The molecule has 0 aromatic heterocycles. The second-order valence-electron chi connectivity index (χ2n) is 3.93. The number of hydrogen-bond donors (Lipinski definition) is 0. The van der Waals surface area contributed by atoms with Crippen LogP contribution in [0.2, 0.25) is 0 Å².